The largest absolute Gasteiger partial charge is 0.342 e. The van der Waals surface area contributed by atoms with Crippen LogP contribution in [0.4, 0.5) is 0 Å². The summed E-state index contributed by atoms with van der Waals surface area (Å²) in [6.45, 7) is 2.16. The summed E-state index contributed by atoms with van der Waals surface area (Å²) >= 11 is 0. The lowest BCUT2D eigenvalue weighted by Gasteiger charge is -2.17. The number of sulfone groups is 1. The molecule has 10 heteroatoms. The fourth-order valence-corrected chi connectivity index (χ4v) is 2.84. The van der Waals surface area contributed by atoms with Crippen molar-refractivity contribution >= 4 is 25.8 Å². The van der Waals surface area contributed by atoms with Crippen molar-refractivity contribution in [3.63, 3.8) is 0 Å². The number of carbonyl (C=O) groups excluding carboxylic acids is 1. The first-order valence-corrected chi connectivity index (χ1v) is 9.72. The highest BCUT2D eigenvalue weighted by Gasteiger charge is 2.21. The molecule has 0 unspecified atom stereocenters. The molecule has 0 spiro atoms. The molecule has 1 aromatic rings. The summed E-state index contributed by atoms with van der Waals surface area (Å²) < 4.78 is 46.3. The molecule has 0 saturated heterocycles. The van der Waals surface area contributed by atoms with Gasteiger partial charge in [-0.1, -0.05) is 0 Å². The number of primary sulfonamides is 1. The van der Waals surface area contributed by atoms with Crippen LogP contribution in [0.3, 0.4) is 0 Å². The van der Waals surface area contributed by atoms with E-state index in [1.54, 1.807) is 6.92 Å². The zero-order valence-electron chi connectivity index (χ0n) is 12.1. The molecule has 0 aromatic carbocycles. The van der Waals surface area contributed by atoms with Crippen LogP contribution >= 0.6 is 0 Å². The van der Waals surface area contributed by atoms with Gasteiger partial charge in [-0.2, -0.15) is 0 Å². The highest BCUT2D eigenvalue weighted by Crippen LogP contribution is 2.15. The Labute approximate surface area is 124 Å². The lowest BCUT2D eigenvalue weighted by Crippen LogP contribution is -2.32. The molecule has 1 aromatic heterocycles. The van der Waals surface area contributed by atoms with Crippen molar-refractivity contribution in [3.8, 4) is 0 Å². The van der Waals surface area contributed by atoms with Crippen LogP contribution in [0.15, 0.2) is 17.2 Å². The molecule has 1 rings (SSSR count). The number of carbonyl (C=O) groups is 1. The Bertz CT molecular complexity index is 734. The van der Waals surface area contributed by atoms with Crippen LogP contribution in [0.2, 0.25) is 0 Å². The number of aromatic nitrogens is 1. The maximum Gasteiger partial charge on any atom is 0.270 e. The van der Waals surface area contributed by atoms with E-state index in [9.17, 15) is 21.6 Å². The Hall–Kier alpha value is -1.39. The summed E-state index contributed by atoms with van der Waals surface area (Å²) in [6.07, 6.45) is 2.37. The first kappa shape index (κ1) is 17.7. The Morgan fingerprint density at radius 2 is 1.90 bits per heavy atom. The molecule has 2 N–H and O–H groups in total. The number of sulfonamides is 1. The van der Waals surface area contributed by atoms with Gasteiger partial charge < -0.3 is 9.47 Å². The number of nitrogens with zero attached hydrogens (tertiary/aromatic N) is 2. The van der Waals surface area contributed by atoms with Gasteiger partial charge in [0.15, 0.2) is 0 Å². The summed E-state index contributed by atoms with van der Waals surface area (Å²) in [5, 5.41) is 5.04. The van der Waals surface area contributed by atoms with E-state index in [1.807, 2.05) is 0 Å². The van der Waals surface area contributed by atoms with Gasteiger partial charge >= 0.3 is 0 Å². The molecule has 0 radical (unpaired) electrons. The van der Waals surface area contributed by atoms with Gasteiger partial charge in [0.05, 0.1) is 5.75 Å². The van der Waals surface area contributed by atoms with Crippen LogP contribution in [0.25, 0.3) is 0 Å². The third kappa shape index (κ3) is 4.83. The first-order chi connectivity index (χ1) is 9.45. The summed E-state index contributed by atoms with van der Waals surface area (Å²) in [5.74, 6) is -0.625. The maximum atomic E-state index is 12.3. The molecule has 0 aliphatic carbocycles. The Morgan fingerprint density at radius 1 is 1.33 bits per heavy atom. The maximum absolute atomic E-state index is 12.3. The van der Waals surface area contributed by atoms with E-state index >= 15 is 0 Å². The number of hydrogen-bond acceptors (Lipinski definition) is 5. The van der Waals surface area contributed by atoms with Crippen molar-refractivity contribution in [2.24, 2.45) is 5.14 Å². The van der Waals surface area contributed by atoms with Crippen LogP contribution in [-0.4, -0.2) is 57.8 Å². The van der Waals surface area contributed by atoms with Crippen LogP contribution in [-0.2, 0) is 26.4 Å². The van der Waals surface area contributed by atoms with Crippen molar-refractivity contribution < 1.29 is 21.6 Å². The zero-order valence-corrected chi connectivity index (χ0v) is 13.7. The molecule has 1 amide bonds. The zero-order chi connectivity index (χ0) is 16.4. The molecule has 0 fully saturated rings. The van der Waals surface area contributed by atoms with Gasteiger partial charge in [0.1, 0.15) is 20.4 Å². The van der Waals surface area contributed by atoms with Gasteiger partial charge in [0, 0.05) is 32.6 Å². The van der Waals surface area contributed by atoms with E-state index in [0.29, 0.717) is 6.54 Å². The second kappa shape index (κ2) is 6.16. The Morgan fingerprint density at radius 3 is 2.33 bits per heavy atom. The number of nitrogens with two attached hydrogens (primary N) is 1. The van der Waals surface area contributed by atoms with E-state index in [1.165, 1.54) is 28.8 Å². The molecule has 0 aliphatic rings. The Balaban J connectivity index is 3.04. The van der Waals surface area contributed by atoms with Crippen LogP contribution < -0.4 is 5.14 Å². The van der Waals surface area contributed by atoms with Crippen molar-refractivity contribution in [3.05, 3.63) is 18.0 Å². The number of rotatable bonds is 6. The molecule has 0 aliphatic heterocycles. The normalized spacial score (nSPS) is 12.4. The third-order valence-corrected chi connectivity index (χ3v) is 4.71. The second-order valence-corrected chi connectivity index (χ2v) is 8.57. The third-order valence-electron chi connectivity index (χ3n) is 2.90. The van der Waals surface area contributed by atoms with Crippen molar-refractivity contribution in [1.29, 1.82) is 0 Å². The van der Waals surface area contributed by atoms with Crippen molar-refractivity contribution in [2.45, 2.75) is 18.4 Å². The molecule has 0 saturated carbocycles. The molecular weight excluding hydrogens is 318 g/mol. The summed E-state index contributed by atoms with van der Waals surface area (Å²) in [6, 6.07) is 1.19. The summed E-state index contributed by atoms with van der Waals surface area (Å²) in [5.41, 5.74) is 0.150. The fourth-order valence-electron chi connectivity index (χ4n) is 1.68. The topological polar surface area (TPSA) is 120 Å². The van der Waals surface area contributed by atoms with Gasteiger partial charge in [0.25, 0.3) is 5.91 Å². The molecule has 0 bridgehead atoms. The SMILES string of the molecule is CCn1cc(S(N)(=O)=O)cc1C(=O)N(C)CCS(C)(=O)=O. The van der Waals surface area contributed by atoms with Gasteiger partial charge in [-0.3, -0.25) is 4.79 Å². The average molecular weight is 337 g/mol. The molecule has 1 heterocycles. The van der Waals surface area contributed by atoms with Crippen LogP contribution in [0.1, 0.15) is 17.4 Å². The number of hydrogen-bond donors (Lipinski definition) is 1. The lowest BCUT2D eigenvalue weighted by atomic mass is 10.3. The van der Waals surface area contributed by atoms with Crippen molar-refractivity contribution in [2.75, 3.05) is 25.6 Å². The fraction of sp³-hybridized carbons (Fsp3) is 0.545. The van der Waals surface area contributed by atoms with Crippen molar-refractivity contribution in [1.82, 2.24) is 9.47 Å². The second-order valence-electron chi connectivity index (χ2n) is 4.75. The average Bonchev–Trinajstić information content (AvgIpc) is 2.77. The predicted molar refractivity (Wildman–Crippen MR) is 78.2 cm³/mol. The molecular formula is C11H19N3O5S2. The molecule has 120 valence electrons. The summed E-state index contributed by atoms with van der Waals surface area (Å²) in [7, 11) is -5.63. The van der Waals surface area contributed by atoms with E-state index in [2.05, 4.69) is 0 Å². The number of amides is 1. The quantitative estimate of drug-likeness (QED) is 0.734. The van der Waals surface area contributed by atoms with Crippen LogP contribution in [0, 0.1) is 0 Å². The highest BCUT2D eigenvalue weighted by molar-refractivity contribution is 7.90. The van der Waals surface area contributed by atoms with E-state index in [4.69, 9.17) is 5.14 Å². The van der Waals surface area contributed by atoms with Gasteiger partial charge in [-0.05, 0) is 13.0 Å². The minimum absolute atomic E-state index is 0.0251. The van der Waals surface area contributed by atoms with Gasteiger partial charge in [-0.25, -0.2) is 22.0 Å². The molecule has 21 heavy (non-hydrogen) atoms. The summed E-state index contributed by atoms with van der Waals surface area (Å²) in [4.78, 5) is 13.3. The Kier molecular flexibility index (Phi) is 5.18. The van der Waals surface area contributed by atoms with Crippen LogP contribution in [0.5, 0.6) is 0 Å². The predicted octanol–water partition coefficient (Wildman–Crippen LogP) is -0.728. The smallest absolute Gasteiger partial charge is 0.270 e. The minimum Gasteiger partial charge on any atom is -0.342 e. The standard InChI is InChI=1S/C11H19N3O5S2/c1-4-14-8-9(21(12,18)19)7-10(14)11(15)13(2)5-6-20(3,16)17/h7-8H,4-6H2,1-3H3,(H2,12,18,19). The van der Waals surface area contributed by atoms with E-state index in [0.717, 1.165) is 6.26 Å². The highest BCUT2D eigenvalue weighted by atomic mass is 32.2. The molecule has 0 atom stereocenters. The van der Waals surface area contributed by atoms with E-state index in [-0.39, 0.29) is 22.9 Å². The lowest BCUT2D eigenvalue weighted by molar-refractivity contribution is 0.0793. The van der Waals surface area contributed by atoms with Gasteiger partial charge in [0.2, 0.25) is 10.0 Å². The first-order valence-electron chi connectivity index (χ1n) is 6.12. The minimum atomic E-state index is -3.90. The monoisotopic (exact) mass is 337 g/mol. The van der Waals surface area contributed by atoms with Gasteiger partial charge in [-0.15, -0.1) is 0 Å². The number of aryl methyl sites for hydroxylation is 1. The van der Waals surface area contributed by atoms with E-state index < -0.39 is 25.8 Å². The molecule has 8 nitrogen and oxygen atoms in total.